The minimum atomic E-state index is -1.09. The van der Waals surface area contributed by atoms with E-state index in [1.54, 1.807) is 7.11 Å². The SMILES string of the molecule is COc1ccc(OCC(O)COCC(COCC(O)COCC(O)COC(=O)COc2ccc([I-]c3ccc(C)cc3)cc2)OCC2CO2)c2ccccc12. The molecule has 1 fully saturated rings. The summed E-state index contributed by atoms with van der Waals surface area (Å²) in [6, 6.07) is 27.5. The number of carbonyl (C=O) groups is 1. The van der Waals surface area contributed by atoms with Crippen LogP contribution in [0.15, 0.2) is 84.9 Å². The summed E-state index contributed by atoms with van der Waals surface area (Å²) in [4.78, 5) is 12.1. The zero-order chi connectivity index (χ0) is 38.8. The molecule has 0 amide bonds. The van der Waals surface area contributed by atoms with Crippen LogP contribution in [0, 0.1) is 14.1 Å². The van der Waals surface area contributed by atoms with Crippen molar-refractivity contribution in [2.45, 2.75) is 37.4 Å². The van der Waals surface area contributed by atoms with Crippen molar-refractivity contribution >= 4 is 16.7 Å². The van der Waals surface area contributed by atoms with E-state index in [0.29, 0.717) is 24.7 Å². The fraction of sp³-hybridized carbons (Fsp3) is 0.439. The fourth-order valence-electron chi connectivity index (χ4n) is 5.13. The number of ether oxygens (including phenoxy) is 9. The Kier molecular flexibility index (Phi) is 17.7. The Bertz CT molecular complexity index is 1720. The summed E-state index contributed by atoms with van der Waals surface area (Å²) >= 11 is -0.302. The van der Waals surface area contributed by atoms with Crippen LogP contribution in [0.25, 0.3) is 10.8 Å². The van der Waals surface area contributed by atoms with Crippen molar-refractivity contribution in [3.8, 4) is 17.2 Å². The van der Waals surface area contributed by atoms with Gasteiger partial charge in [-0.15, -0.1) is 0 Å². The number of rotatable bonds is 26. The van der Waals surface area contributed by atoms with Crippen molar-refractivity contribution in [1.29, 1.82) is 0 Å². The molecule has 4 aromatic rings. The second-order valence-electron chi connectivity index (χ2n) is 12.9. The predicted molar refractivity (Wildman–Crippen MR) is 197 cm³/mol. The number of benzene rings is 4. The maximum Gasteiger partial charge on any atom is 0.104 e. The molecule has 4 aromatic carbocycles. The third-order valence-electron chi connectivity index (χ3n) is 8.10. The van der Waals surface area contributed by atoms with Gasteiger partial charge in [-0.2, -0.15) is 0 Å². The summed E-state index contributed by atoms with van der Waals surface area (Å²) in [5.74, 6) is 1.30. The predicted octanol–water partition coefficient (Wildman–Crippen LogP) is 0.203. The van der Waals surface area contributed by atoms with Crippen molar-refractivity contribution in [2.24, 2.45) is 0 Å². The van der Waals surface area contributed by atoms with Gasteiger partial charge in [-0.05, 0) is 12.1 Å². The van der Waals surface area contributed by atoms with E-state index in [2.05, 4.69) is 31.2 Å². The largest absolute Gasteiger partial charge is 0.371 e. The first-order valence-corrected chi connectivity index (χ1v) is 20.2. The molecule has 300 valence electrons. The molecular formula is C41H50IO13-. The summed E-state index contributed by atoms with van der Waals surface area (Å²) in [6.07, 6.45) is -3.39. The number of aliphatic hydroxyl groups is 3. The molecule has 5 atom stereocenters. The van der Waals surface area contributed by atoms with Crippen molar-refractivity contribution in [3.63, 3.8) is 0 Å². The first-order chi connectivity index (χ1) is 26.7. The number of epoxide rings is 1. The summed E-state index contributed by atoms with van der Waals surface area (Å²) in [6.45, 7) is 2.48. The molecule has 1 aliphatic heterocycles. The van der Waals surface area contributed by atoms with Gasteiger partial charge in [0.2, 0.25) is 0 Å². The molecule has 55 heavy (non-hydrogen) atoms. The van der Waals surface area contributed by atoms with Gasteiger partial charge in [-0.1, -0.05) is 24.3 Å². The molecule has 5 rings (SSSR count). The standard InChI is InChI=1S/C41H50IO13/c1-28-7-9-29(10-8-28)42-30-11-13-34(14-12-30)53-27-41(46)55-22-33(45)19-48-17-31(43)18-49-23-35(51-25-36-26-52-36)24-50-20-32(44)21-54-40-16-15-39(47-2)37-5-3-4-6-38(37)40/h3-16,31-33,35-36,43-45H,17-27H2,1-2H3/q-1. The van der Waals surface area contributed by atoms with E-state index >= 15 is 0 Å². The normalized spacial score (nSPS) is 16.0. The minimum absolute atomic E-state index is 0.0130. The third-order valence-corrected chi connectivity index (χ3v) is 10.8. The Morgan fingerprint density at radius 1 is 0.709 bits per heavy atom. The monoisotopic (exact) mass is 877 g/mol. The summed E-state index contributed by atoms with van der Waals surface area (Å²) < 4.78 is 52.4. The molecule has 0 aromatic heterocycles. The molecule has 5 unspecified atom stereocenters. The summed E-state index contributed by atoms with van der Waals surface area (Å²) in [5.41, 5.74) is 1.23. The van der Waals surface area contributed by atoms with Crippen molar-refractivity contribution in [3.05, 3.63) is 97.6 Å². The number of aryl methyl sites for hydroxylation is 1. The second kappa shape index (κ2) is 22.8. The van der Waals surface area contributed by atoms with E-state index in [1.165, 1.54) is 12.7 Å². The average molecular weight is 878 g/mol. The maximum absolute atomic E-state index is 12.1. The number of esters is 1. The summed E-state index contributed by atoms with van der Waals surface area (Å²) in [5, 5.41) is 32.8. The molecule has 0 saturated carbocycles. The van der Waals surface area contributed by atoms with Crippen molar-refractivity contribution in [1.82, 2.24) is 0 Å². The number of hydrogen-bond donors (Lipinski definition) is 3. The third kappa shape index (κ3) is 15.5. The fourth-order valence-corrected chi connectivity index (χ4v) is 7.29. The number of carbonyl (C=O) groups excluding carboxylic acids is 1. The molecule has 14 heteroatoms. The van der Waals surface area contributed by atoms with Gasteiger partial charge < -0.3 is 38.6 Å². The zero-order valence-corrected chi connectivity index (χ0v) is 33.2. The molecule has 1 aliphatic rings. The minimum Gasteiger partial charge on any atom is -0.371 e. The molecule has 13 nitrogen and oxygen atoms in total. The quantitative estimate of drug-likeness (QED) is 0.0446. The molecule has 0 bridgehead atoms. The van der Waals surface area contributed by atoms with Crippen molar-refractivity contribution in [2.75, 3.05) is 79.8 Å². The van der Waals surface area contributed by atoms with E-state index in [4.69, 9.17) is 42.6 Å². The van der Waals surface area contributed by atoms with Gasteiger partial charge in [0.1, 0.15) is 42.5 Å². The first-order valence-electron chi connectivity index (χ1n) is 18.0. The molecule has 0 aliphatic carbocycles. The molecule has 0 spiro atoms. The van der Waals surface area contributed by atoms with Crippen LogP contribution in [-0.4, -0.2) is 132 Å². The average Bonchev–Trinajstić information content (AvgIpc) is 4.03. The van der Waals surface area contributed by atoms with Gasteiger partial charge in [0.05, 0.1) is 53.4 Å². The second-order valence-corrected chi connectivity index (χ2v) is 16.0. The van der Waals surface area contributed by atoms with Crippen LogP contribution >= 0.6 is 0 Å². The van der Waals surface area contributed by atoms with Crippen molar-refractivity contribution < 1.29 is 84.0 Å². The Morgan fingerprint density at radius 2 is 1.25 bits per heavy atom. The topological polar surface area (TPSA) is 164 Å². The number of methoxy groups -OCH3 is 1. The Morgan fingerprint density at radius 3 is 1.87 bits per heavy atom. The van der Waals surface area contributed by atoms with E-state index < -0.39 is 30.4 Å². The van der Waals surface area contributed by atoms with Crippen LogP contribution in [0.5, 0.6) is 17.2 Å². The molecular weight excluding hydrogens is 827 g/mol. The first kappa shape index (κ1) is 42.6. The van der Waals surface area contributed by atoms with Gasteiger partial charge in [0.15, 0.2) is 0 Å². The van der Waals surface area contributed by atoms with E-state index in [-0.39, 0.29) is 86.8 Å². The van der Waals surface area contributed by atoms with Gasteiger partial charge in [-0.25, -0.2) is 0 Å². The Hall–Kier alpha value is -3.58. The number of hydrogen-bond acceptors (Lipinski definition) is 13. The van der Waals surface area contributed by atoms with Gasteiger partial charge in [0.25, 0.3) is 0 Å². The number of fused-ring (bicyclic) bond motifs is 1. The van der Waals surface area contributed by atoms with Gasteiger partial charge >= 0.3 is 151 Å². The molecule has 3 N–H and O–H groups in total. The Labute approximate surface area is 331 Å². The summed E-state index contributed by atoms with van der Waals surface area (Å²) in [7, 11) is 1.62. The number of halogens is 1. The maximum atomic E-state index is 12.1. The molecule has 1 saturated heterocycles. The molecule has 0 radical (unpaired) electrons. The van der Waals surface area contributed by atoms with Crippen LogP contribution in [-0.2, 0) is 33.2 Å². The van der Waals surface area contributed by atoms with Crippen LogP contribution in [0.4, 0.5) is 0 Å². The van der Waals surface area contributed by atoms with E-state index in [0.717, 1.165) is 16.5 Å². The van der Waals surface area contributed by atoms with Gasteiger partial charge in [0, 0.05) is 10.8 Å². The van der Waals surface area contributed by atoms with Crippen LogP contribution in [0.1, 0.15) is 5.56 Å². The zero-order valence-electron chi connectivity index (χ0n) is 31.0. The smallest absolute Gasteiger partial charge is 0.104 e. The van der Waals surface area contributed by atoms with Gasteiger partial charge in [-0.3, -0.25) is 0 Å². The Balaban J connectivity index is 0.908. The van der Waals surface area contributed by atoms with E-state index in [1.807, 2.05) is 60.7 Å². The van der Waals surface area contributed by atoms with Crippen LogP contribution in [0.3, 0.4) is 0 Å². The molecule has 1 heterocycles. The van der Waals surface area contributed by atoms with Crippen LogP contribution < -0.4 is 35.4 Å². The van der Waals surface area contributed by atoms with Crippen LogP contribution in [0.2, 0.25) is 0 Å². The number of aliphatic hydroxyl groups excluding tert-OH is 3. The van der Waals surface area contributed by atoms with E-state index in [9.17, 15) is 20.1 Å².